The second-order valence-electron chi connectivity index (χ2n) is 3.45. The van der Waals surface area contributed by atoms with Crippen LogP contribution in [-0.2, 0) is 0 Å². The molecule has 18 heavy (non-hydrogen) atoms. The maximum Gasteiger partial charge on any atom is 0.415 e. The molecule has 5 nitrogen and oxygen atoms in total. The Morgan fingerprint density at radius 1 is 1.33 bits per heavy atom. The van der Waals surface area contributed by atoms with Crippen LogP contribution in [0.1, 0.15) is 10.4 Å². The zero-order chi connectivity index (χ0) is 13.8. The molecule has 1 aromatic carbocycles. The molecule has 0 fully saturated rings. The van der Waals surface area contributed by atoms with Crippen LogP contribution in [-0.4, -0.2) is 29.6 Å². The number of rotatable bonds is 4. The molecule has 0 bridgehead atoms. The molecule has 0 heterocycles. The highest BCUT2D eigenvalue weighted by atomic mass is 19.4. The zero-order valence-corrected chi connectivity index (χ0v) is 8.98. The van der Waals surface area contributed by atoms with Crippen molar-refractivity contribution in [1.29, 1.82) is 0 Å². The molecule has 0 saturated carbocycles. The molecule has 0 aliphatic heterocycles. The molecule has 1 aromatic rings. The fourth-order valence-corrected chi connectivity index (χ4v) is 1.21. The average Bonchev–Trinajstić information content (AvgIpc) is 2.27. The predicted molar refractivity (Wildman–Crippen MR) is 55.6 cm³/mol. The first-order chi connectivity index (χ1) is 8.30. The summed E-state index contributed by atoms with van der Waals surface area (Å²) in [7, 11) is 0. The zero-order valence-electron chi connectivity index (χ0n) is 8.98. The van der Waals surface area contributed by atoms with E-state index < -0.39 is 29.6 Å². The Labute approximate surface area is 99.8 Å². The minimum atomic E-state index is -4.86. The van der Waals surface area contributed by atoms with E-state index in [1.165, 1.54) is 24.3 Å². The topological polar surface area (TPSA) is 72.2 Å². The van der Waals surface area contributed by atoms with Crippen LogP contribution < -0.4 is 5.32 Å². The summed E-state index contributed by atoms with van der Waals surface area (Å²) in [5.74, 6) is -1.00. The Morgan fingerprint density at radius 3 is 2.33 bits per heavy atom. The molecule has 1 rings (SSSR count). The number of nitro groups is 1. The van der Waals surface area contributed by atoms with Gasteiger partial charge >= 0.3 is 6.18 Å². The Kier molecular flexibility index (Phi) is 4.24. The van der Waals surface area contributed by atoms with Crippen molar-refractivity contribution in [2.75, 3.05) is 6.54 Å². The van der Waals surface area contributed by atoms with Gasteiger partial charge in [-0.3, -0.25) is 14.9 Å². The number of carbonyl (C=O) groups is 1. The van der Waals surface area contributed by atoms with Gasteiger partial charge in [0.1, 0.15) is 0 Å². The molecular formula is C10H9F3N2O3. The lowest BCUT2D eigenvalue weighted by Gasteiger charge is -2.17. The molecule has 0 aromatic heterocycles. The van der Waals surface area contributed by atoms with Gasteiger partial charge in [0, 0.05) is 10.5 Å². The first-order valence-electron chi connectivity index (χ1n) is 4.85. The van der Waals surface area contributed by atoms with E-state index in [0.29, 0.717) is 0 Å². The van der Waals surface area contributed by atoms with Gasteiger partial charge in [0.2, 0.25) is 6.54 Å². The molecule has 1 atom stereocenters. The molecule has 0 saturated heterocycles. The maximum absolute atomic E-state index is 12.4. The normalized spacial score (nSPS) is 12.8. The highest BCUT2D eigenvalue weighted by Gasteiger charge is 2.44. The monoisotopic (exact) mass is 262 g/mol. The molecule has 8 heteroatoms. The quantitative estimate of drug-likeness (QED) is 0.662. The first kappa shape index (κ1) is 13.9. The van der Waals surface area contributed by atoms with Gasteiger partial charge in [0.05, 0.1) is 0 Å². The molecule has 0 spiro atoms. The van der Waals surface area contributed by atoms with Crippen molar-refractivity contribution in [2.45, 2.75) is 12.2 Å². The number of carbonyl (C=O) groups excluding carboxylic acids is 1. The van der Waals surface area contributed by atoms with Crippen LogP contribution in [0.5, 0.6) is 0 Å². The van der Waals surface area contributed by atoms with Crippen LogP contribution >= 0.6 is 0 Å². The van der Waals surface area contributed by atoms with Crippen molar-refractivity contribution in [3.8, 4) is 0 Å². The number of nitrogens with one attached hydrogen (secondary N) is 1. The molecule has 0 radical (unpaired) electrons. The summed E-state index contributed by atoms with van der Waals surface area (Å²) in [5, 5.41) is 11.7. The molecule has 1 N–H and O–H groups in total. The van der Waals surface area contributed by atoms with Gasteiger partial charge in [-0.15, -0.1) is 0 Å². The van der Waals surface area contributed by atoms with Crippen molar-refractivity contribution < 1.29 is 22.9 Å². The summed E-state index contributed by atoms with van der Waals surface area (Å²) in [6.45, 7) is -1.40. The van der Waals surface area contributed by atoms with Crippen LogP contribution in [0.15, 0.2) is 30.3 Å². The van der Waals surface area contributed by atoms with Gasteiger partial charge < -0.3 is 5.32 Å². The third-order valence-electron chi connectivity index (χ3n) is 2.07. The molecule has 1 amide bonds. The fraction of sp³-hybridized carbons (Fsp3) is 0.300. The average molecular weight is 262 g/mol. The van der Waals surface area contributed by atoms with E-state index in [1.807, 2.05) is 0 Å². The molecular weight excluding hydrogens is 253 g/mol. The summed E-state index contributed by atoms with van der Waals surface area (Å²) in [6, 6.07) is 4.68. The van der Waals surface area contributed by atoms with E-state index >= 15 is 0 Å². The maximum atomic E-state index is 12.4. The lowest BCUT2D eigenvalue weighted by atomic mass is 10.2. The van der Waals surface area contributed by atoms with Gasteiger partial charge in [-0.2, -0.15) is 13.2 Å². The third-order valence-corrected chi connectivity index (χ3v) is 2.07. The number of alkyl halides is 3. The van der Waals surface area contributed by atoms with Crippen molar-refractivity contribution in [2.24, 2.45) is 0 Å². The number of halogens is 3. The Bertz CT molecular complexity index is 434. The van der Waals surface area contributed by atoms with Crippen molar-refractivity contribution >= 4 is 5.91 Å². The number of benzene rings is 1. The molecule has 0 aliphatic carbocycles. The number of hydrogen-bond donors (Lipinski definition) is 1. The summed E-state index contributed by atoms with van der Waals surface area (Å²) in [5.41, 5.74) is 0.00935. The minimum absolute atomic E-state index is 0.00935. The Hall–Kier alpha value is -2.12. The molecule has 0 aliphatic rings. The van der Waals surface area contributed by atoms with E-state index in [1.54, 1.807) is 11.4 Å². The second kappa shape index (κ2) is 5.48. The van der Waals surface area contributed by atoms with E-state index in [9.17, 15) is 28.1 Å². The number of amides is 1. The second-order valence-corrected chi connectivity index (χ2v) is 3.45. The standard InChI is InChI=1S/C10H9F3N2O3/c11-10(12,13)8(6-15(17)18)14-9(16)7-4-2-1-3-5-7/h1-5,8H,6H2,(H,14,16)/t8-/m0/s1. The summed E-state index contributed by atoms with van der Waals surface area (Å²) in [6.07, 6.45) is -4.86. The summed E-state index contributed by atoms with van der Waals surface area (Å²) < 4.78 is 37.3. The summed E-state index contributed by atoms with van der Waals surface area (Å²) in [4.78, 5) is 20.5. The minimum Gasteiger partial charge on any atom is -0.335 e. The van der Waals surface area contributed by atoms with E-state index in [0.717, 1.165) is 0 Å². The van der Waals surface area contributed by atoms with E-state index in [4.69, 9.17) is 0 Å². The summed E-state index contributed by atoms with van der Waals surface area (Å²) >= 11 is 0. The lowest BCUT2D eigenvalue weighted by Crippen LogP contribution is -2.49. The Balaban J connectivity index is 2.78. The number of nitrogens with zero attached hydrogens (tertiary/aromatic N) is 1. The predicted octanol–water partition coefficient (Wildman–Crippen LogP) is 1.62. The van der Waals surface area contributed by atoms with Crippen LogP contribution in [0, 0.1) is 10.1 Å². The Morgan fingerprint density at radius 2 is 1.89 bits per heavy atom. The van der Waals surface area contributed by atoms with Crippen molar-refractivity contribution in [3.05, 3.63) is 46.0 Å². The van der Waals surface area contributed by atoms with Gasteiger partial charge in [-0.1, -0.05) is 18.2 Å². The van der Waals surface area contributed by atoms with E-state index in [2.05, 4.69) is 0 Å². The van der Waals surface area contributed by atoms with Crippen molar-refractivity contribution in [3.63, 3.8) is 0 Å². The van der Waals surface area contributed by atoms with Gasteiger partial charge in [0.25, 0.3) is 5.91 Å². The van der Waals surface area contributed by atoms with Gasteiger partial charge in [-0.25, -0.2) is 0 Å². The van der Waals surface area contributed by atoms with Gasteiger partial charge in [0.15, 0.2) is 6.04 Å². The lowest BCUT2D eigenvalue weighted by molar-refractivity contribution is -0.490. The van der Waals surface area contributed by atoms with Gasteiger partial charge in [-0.05, 0) is 12.1 Å². The van der Waals surface area contributed by atoms with Crippen LogP contribution in [0.4, 0.5) is 13.2 Å². The highest BCUT2D eigenvalue weighted by molar-refractivity contribution is 5.94. The largest absolute Gasteiger partial charge is 0.415 e. The SMILES string of the molecule is O=C(N[C@@H](C[N+](=O)[O-])C(F)(F)F)c1ccccc1. The van der Waals surface area contributed by atoms with Crippen LogP contribution in [0.25, 0.3) is 0 Å². The first-order valence-corrected chi connectivity index (χ1v) is 4.85. The van der Waals surface area contributed by atoms with Crippen LogP contribution in [0.3, 0.4) is 0 Å². The fourth-order valence-electron chi connectivity index (χ4n) is 1.21. The smallest absolute Gasteiger partial charge is 0.335 e. The van der Waals surface area contributed by atoms with Crippen LogP contribution in [0.2, 0.25) is 0 Å². The molecule has 98 valence electrons. The highest BCUT2D eigenvalue weighted by Crippen LogP contribution is 2.20. The third kappa shape index (κ3) is 4.04. The number of hydrogen-bond acceptors (Lipinski definition) is 3. The van der Waals surface area contributed by atoms with Crippen molar-refractivity contribution in [1.82, 2.24) is 5.32 Å². The molecule has 0 unspecified atom stereocenters. The van der Waals surface area contributed by atoms with E-state index in [-0.39, 0.29) is 5.56 Å².